The van der Waals surface area contributed by atoms with E-state index < -0.39 is 0 Å². The molecule has 1 aromatic heterocycles. The van der Waals surface area contributed by atoms with Crippen LogP contribution in [0.5, 0.6) is 0 Å². The highest BCUT2D eigenvalue weighted by Gasteiger charge is 2.09. The SMILES string of the molecule is CCc1ccc(-n2nc(C)cc2-c2ccccc2)cc1. The average molecular weight is 262 g/mol. The van der Waals surface area contributed by atoms with E-state index in [1.807, 2.05) is 17.7 Å². The maximum Gasteiger partial charge on any atom is 0.0743 e. The highest BCUT2D eigenvalue weighted by molar-refractivity contribution is 5.62. The van der Waals surface area contributed by atoms with Crippen molar-refractivity contribution in [1.82, 2.24) is 9.78 Å². The molecule has 2 aromatic carbocycles. The summed E-state index contributed by atoms with van der Waals surface area (Å²) in [4.78, 5) is 0. The molecule has 0 atom stereocenters. The van der Waals surface area contributed by atoms with E-state index in [9.17, 15) is 0 Å². The lowest BCUT2D eigenvalue weighted by atomic mass is 10.1. The van der Waals surface area contributed by atoms with Crippen molar-refractivity contribution < 1.29 is 0 Å². The molecule has 0 bridgehead atoms. The number of hydrogen-bond donors (Lipinski definition) is 0. The Hall–Kier alpha value is -2.35. The summed E-state index contributed by atoms with van der Waals surface area (Å²) in [5, 5.41) is 4.63. The zero-order valence-corrected chi connectivity index (χ0v) is 11.9. The Kier molecular flexibility index (Phi) is 3.38. The van der Waals surface area contributed by atoms with Crippen LogP contribution >= 0.6 is 0 Å². The van der Waals surface area contributed by atoms with E-state index in [4.69, 9.17) is 0 Å². The summed E-state index contributed by atoms with van der Waals surface area (Å²) in [5.74, 6) is 0. The molecule has 20 heavy (non-hydrogen) atoms. The molecule has 0 radical (unpaired) electrons. The van der Waals surface area contributed by atoms with Crippen LogP contribution in [0.2, 0.25) is 0 Å². The lowest BCUT2D eigenvalue weighted by Gasteiger charge is -2.08. The van der Waals surface area contributed by atoms with E-state index >= 15 is 0 Å². The first-order valence-electron chi connectivity index (χ1n) is 6.99. The number of hydrogen-bond acceptors (Lipinski definition) is 1. The monoisotopic (exact) mass is 262 g/mol. The number of benzene rings is 2. The minimum Gasteiger partial charge on any atom is -0.233 e. The lowest BCUT2D eigenvalue weighted by Crippen LogP contribution is -1.99. The molecular formula is C18H18N2. The first-order chi connectivity index (χ1) is 9.78. The van der Waals surface area contributed by atoms with E-state index in [1.54, 1.807) is 0 Å². The first kappa shape index (κ1) is 12.7. The van der Waals surface area contributed by atoms with Crippen molar-refractivity contribution in [2.24, 2.45) is 0 Å². The highest BCUT2D eigenvalue weighted by Crippen LogP contribution is 2.23. The van der Waals surface area contributed by atoms with Gasteiger partial charge in [-0.1, -0.05) is 49.4 Å². The largest absolute Gasteiger partial charge is 0.233 e. The third-order valence-corrected chi connectivity index (χ3v) is 3.49. The Morgan fingerprint density at radius 1 is 0.950 bits per heavy atom. The fraction of sp³-hybridized carbons (Fsp3) is 0.167. The normalized spacial score (nSPS) is 10.7. The number of aromatic nitrogens is 2. The van der Waals surface area contributed by atoms with Crippen LogP contribution in [-0.4, -0.2) is 9.78 Å². The molecule has 0 spiro atoms. The summed E-state index contributed by atoms with van der Waals surface area (Å²) in [7, 11) is 0. The van der Waals surface area contributed by atoms with E-state index in [0.29, 0.717) is 0 Å². The summed E-state index contributed by atoms with van der Waals surface area (Å²) >= 11 is 0. The molecule has 100 valence electrons. The third kappa shape index (κ3) is 2.37. The van der Waals surface area contributed by atoms with Crippen molar-refractivity contribution in [2.45, 2.75) is 20.3 Å². The number of aryl methyl sites for hydroxylation is 2. The van der Waals surface area contributed by atoms with Gasteiger partial charge in [-0.3, -0.25) is 0 Å². The minimum atomic E-state index is 1.03. The van der Waals surface area contributed by atoms with Crippen LogP contribution in [0.1, 0.15) is 18.2 Å². The first-order valence-corrected chi connectivity index (χ1v) is 6.99. The van der Waals surface area contributed by atoms with Gasteiger partial charge in [0.25, 0.3) is 0 Å². The molecule has 0 fully saturated rings. The van der Waals surface area contributed by atoms with Crippen molar-refractivity contribution >= 4 is 0 Å². The van der Waals surface area contributed by atoms with Gasteiger partial charge in [0.2, 0.25) is 0 Å². The predicted octanol–water partition coefficient (Wildman–Crippen LogP) is 4.41. The molecule has 0 saturated heterocycles. The van der Waals surface area contributed by atoms with Gasteiger partial charge >= 0.3 is 0 Å². The topological polar surface area (TPSA) is 17.8 Å². The molecular weight excluding hydrogens is 244 g/mol. The third-order valence-electron chi connectivity index (χ3n) is 3.49. The molecule has 2 nitrogen and oxygen atoms in total. The molecule has 0 aliphatic rings. The molecule has 3 aromatic rings. The Morgan fingerprint density at radius 2 is 1.65 bits per heavy atom. The number of nitrogens with zero attached hydrogens (tertiary/aromatic N) is 2. The fourth-order valence-electron chi connectivity index (χ4n) is 2.38. The van der Waals surface area contributed by atoms with Crippen LogP contribution in [-0.2, 0) is 6.42 Å². The van der Waals surface area contributed by atoms with Crippen molar-refractivity contribution in [3.05, 3.63) is 71.9 Å². The smallest absolute Gasteiger partial charge is 0.0743 e. The molecule has 3 rings (SSSR count). The van der Waals surface area contributed by atoms with Crippen LogP contribution in [0.15, 0.2) is 60.7 Å². The maximum absolute atomic E-state index is 4.63. The minimum absolute atomic E-state index is 1.03. The second-order valence-electron chi connectivity index (χ2n) is 4.97. The van der Waals surface area contributed by atoms with Crippen molar-refractivity contribution in [1.29, 1.82) is 0 Å². The van der Waals surface area contributed by atoms with Gasteiger partial charge in [-0.05, 0) is 37.1 Å². The van der Waals surface area contributed by atoms with E-state index in [-0.39, 0.29) is 0 Å². The van der Waals surface area contributed by atoms with Crippen LogP contribution < -0.4 is 0 Å². The fourth-order valence-corrected chi connectivity index (χ4v) is 2.38. The second-order valence-corrected chi connectivity index (χ2v) is 4.97. The maximum atomic E-state index is 4.63. The summed E-state index contributed by atoms with van der Waals surface area (Å²) in [6.07, 6.45) is 1.06. The summed E-state index contributed by atoms with van der Waals surface area (Å²) < 4.78 is 2.02. The van der Waals surface area contributed by atoms with Gasteiger partial charge in [0.05, 0.1) is 17.1 Å². The zero-order valence-electron chi connectivity index (χ0n) is 11.9. The molecule has 0 aliphatic carbocycles. The molecule has 0 saturated carbocycles. The van der Waals surface area contributed by atoms with Crippen molar-refractivity contribution in [3.8, 4) is 16.9 Å². The van der Waals surface area contributed by atoms with Gasteiger partial charge in [0.15, 0.2) is 0 Å². The average Bonchev–Trinajstić information content (AvgIpc) is 2.90. The lowest BCUT2D eigenvalue weighted by molar-refractivity contribution is 0.868. The van der Waals surface area contributed by atoms with Crippen molar-refractivity contribution in [2.75, 3.05) is 0 Å². The van der Waals surface area contributed by atoms with Gasteiger partial charge in [-0.2, -0.15) is 5.10 Å². The van der Waals surface area contributed by atoms with E-state index in [0.717, 1.165) is 23.5 Å². The van der Waals surface area contributed by atoms with Crippen LogP contribution in [0.4, 0.5) is 0 Å². The molecule has 0 aliphatic heterocycles. The Bertz CT molecular complexity index is 694. The van der Waals surface area contributed by atoms with Gasteiger partial charge in [-0.15, -0.1) is 0 Å². The van der Waals surface area contributed by atoms with Crippen LogP contribution in [0, 0.1) is 6.92 Å². The quantitative estimate of drug-likeness (QED) is 0.683. The highest BCUT2D eigenvalue weighted by atomic mass is 15.3. The molecule has 0 unspecified atom stereocenters. The van der Waals surface area contributed by atoms with Gasteiger partial charge in [0, 0.05) is 5.56 Å². The van der Waals surface area contributed by atoms with Crippen LogP contribution in [0.25, 0.3) is 16.9 Å². The molecule has 2 heteroatoms. The van der Waals surface area contributed by atoms with E-state index in [2.05, 4.69) is 66.6 Å². The number of rotatable bonds is 3. The molecule has 1 heterocycles. The van der Waals surface area contributed by atoms with Crippen LogP contribution in [0.3, 0.4) is 0 Å². The molecule has 0 amide bonds. The van der Waals surface area contributed by atoms with E-state index in [1.165, 1.54) is 11.1 Å². The van der Waals surface area contributed by atoms with Gasteiger partial charge in [-0.25, -0.2) is 4.68 Å². The van der Waals surface area contributed by atoms with Gasteiger partial charge < -0.3 is 0 Å². The predicted molar refractivity (Wildman–Crippen MR) is 83.1 cm³/mol. The standard InChI is InChI=1S/C18H18N2/c1-3-15-9-11-17(12-10-15)20-18(13-14(2)19-20)16-7-5-4-6-8-16/h4-13H,3H2,1-2H3. The Morgan fingerprint density at radius 3 is 2.30 bits per heavy atom. The Balaban J connectivity index is 2.09. The van der Waals surface area contributed by atoms with Crippen molar-refractivity contribution in [3.63, 3.8) is 0 Å². The Labute approximate surface area is 119 Å². The second kappa shape index (κ2) is 5.33. The molecule has 0 N–H and O–H groups in total. The summed E-state index contributed by atoms with van der Waals surface area (Å²) in [6, 6.07) is 21.1. The summed E-state index contributed by atoms with van der Waals surface area (Å²) in [6.45, 7) is 4.20. The zero-order chi connectivity index (χ0) is 13.9. The summed E-state index contributed by atoms with van der Waals surface area (Å²) in [5.41, 5.74) is 5.80. The van der Waals surface area contributed by atoms with Gasteiger partial charge in [0.1, 0.15) is 0 Å².